The van der Waals surface area contributed by atoms with Crippen LogP contribution in [-0.4, -0.2) is 47.1 Å². The van der Waals surface area contributed by atoms with Gasteiger partial charge >= 0.3 is 0 Å². The van der Waals surface area contributed by atoms with Gasteiger partial charge < -0.3 is 19.7 Å². The molecule has 33 heavy (non-hydrogen) atoms. The Labute approximate surface area is 194 Å². The molecule has 0 spiro atoms. The standard InChI is InChI=1S/C26H30N4O3/c1-4-32-17-20-7-9-21(10-8-20)26(31)30-12-13-33-24(16-30)23-15-22(14-19(3)28-23)29-25-18(2)6-5-11-27-25/h5-11,14-15,24H,4,12-13,16-17H2,1-3H3,(H,27,28,29)/t24-/m0/s1. The van der Waals surface area contributed by atoms with E-state index in [-0.39, 0.29) is 12.0 Å². The first-order chi connectivity index (χ1) is 16.0. The number of aryl methyl sites for hydroxylation is 2. The summed E-state index contributed by atoms with van der Waals surface area (Å²) in [6, 6.07) is 15.5. The van der Waals surface area contributed by atoms with Crippen molar-refractivity contribution < 1.29 is 14.3 Å². The lowest BCUT2D eigenvalue weighted by molar-refractivity contribution is -0.0247. The molecule has 1 aliphatic rings. The third kappa shape index (κ3) is 5.74. The fourth-order valence-electron chi connectivity index (χ4n) is 3.84. The molecule has 2 aromatic heterocycles. The Morgan fingerprint density at radius 1 is 1.21 bits per heavy atom. The monoisotopic (exact) mass is 446 g/mol. The van der Waals surface area contributed by atoms with Gasteiger partial charge in [0, 0.05) is 36.3 Å². The zero-order chi connectivity index (χ0) is 23.2. The Morgan fingerprint density at radius 2 is 2.03 bits per heavy atom. The van der Waals surface area contributed by atoms with E-state index in [2.05, 4.69) is 10.3 Å². The SMILES string of the molecule is CCOCc1ccc(C(=O)N2CCO[C@H](c3cc(Nc4ncccc4C)cc(C)n3)C2)cc1. The van der Waals surface area contributed by atoms with Crippen LogP contribution in [0.3, 0.4) is 0 Å². The van der Waals surface area contributed by atoms with Crippen LogP contribution in [0.5, 0.6) is 0 Å². The molecule has 3 heterocycles. The van der Waals surface area contributed by atoms with Crippen LogP contribution >= 0.6 is 0 Å². The number of nitrogens with zero attached hydrogens (tertiary/aromatic N) is 3. The summed E-state index contributed by atoms with van der Waals surface area (Å²) in [7, 11) is 0. The maximum Gasteiger partial charge on any atom is 0.254 e. The number of hydrogen-bond acceptors (Lipinski definition) is 6. The van der Waals surface area contributed by atoms with Crippen molar-refractivity contribution >= 4 is 17.4 Å². The average molecular weight is 447 g/mol. The highest BCUT2D eigenvalue weighted by atomic mass is 16.5. The maximum absolute atomic E-state index is 13.1. The summed E-state index contributed by atoms with van der Waals surface area (Å²) >= 11 is 0. The van der Waals surface area contributed by atoms with Crippen molar-refractivity contribution in [1.29, 1.82) is 0 Å². The molecule has 1 amide bonds. The van der Waals surface area contributed by atoms with Crippen LogP contribution in [0.25, 0.3) is 0 Å². The van der Waals surface area contributed by atoms with Gasteiger partial charge in [0.25, 0.3) is 5.91 Å². The number of amides is 1. The quantitative estimate of drug-likeness (QED) is 0.572. The van der Waals surface area contributed by atoms with E-state index in [9.17, 15) is 4.79 Å². The van der Waals surface area contributed by atoms with E-state index < -0.39 is 0 Å². The molecular formula is C26H30N4O3. The molecule has 0 aliphatic carbocycles. The van der Waals surface area contributed by atoms with E-state index in [1.54, 1.807) is 6.20 Å². The van der Waals surface area contributed by atoms with E-state index in [0.717, 1.165) is 34.0 Å². The summed E-state index contributed by atoms with van der Waals surface area (Å²) < 4.78 is 11.4. The molecule has 172 valence electrons. The van der Waals surface area contributed by atoms with Crippen LogP contribution in [0.2, 0.25) is 0 Å². The van der Waals surface area contributed by atoms with Crippen molar-refractivity contribution in [3.63, 3.8) is 0 Å². The molecule has 1 aliphatic heterocycles. The lowest BCUT2D eigenvalue weighted by Gasteiger charge is -2.33. The molecule has 7 nitrogen and oxygen atoms in total. The Morgan fingerprint density at radius 3 is 2.79 bits per heavy atom. The first kappa shape index (κ1) is 22.9. The number of morpholine rings is 1. The largest absolute Gasteiger partial charge is 0.377 e. The molecule has 1 saturated heterocycles. The van der Waals surface area contributed by atoms with Crippen molar-refractivity contribution in [3.05, 3.63) is 82.8 Å². The van der Waals surface area contributed by atoms with Crippen molar-refractivity contribution in [2.24, 2.45) is 0 Å². The third-order valence-corrected chi connectivity index (χ3v) is 5.60. The van der Waals surface area contributed by atoms with Gasteiger partial charge in [0.15, 0.2) is 0 Å². The molecule has 1 atom stereocenters. The zero-order valence-corrected chi connectivity index (χ0v) is 19.4. The van der Waals surface area contributed by atoms with Gasteiger partial charge in [0.2, 0.25) is 0 Å². The van der Waals surface area contributed by atoms with Crippen LogP contribution in [0.15, 0.2) is 54.7 Å². The van der Waals surface area contributed by atoms with Gasteiger partial charge in [-0.15, -0.1) is 0 Å². The number of rotatable bonds is 7. The Kier molecular flexibility index (Phi) is 7.32. The summed E-state index contributed by atoms with van der Waals surface area (Å²) in [4.78, 5) is 24.1. The van der Waals surface area contributed by atoms with Crippen molar-refractivity contribution in [2.75, 3.05) is 31.6 Å². The predicted molar refractivity (Wildman–Crippen MR) is 128 cm³/mol. The fraction of sp³-hybridized carbons (Fsp3) is 0.346. The summed E-state index contributed by atoms with van der Waals surface area (Å²) in [6.07, 6.45) is 1.48. The fourth-order valence-corrected chi connectivity index (χ4v) is 3.84. The first-order valence-electron chi connectivity index (χ1n) is 11.3. The minimum Gasteiger partial charge on any atom is -0.377 e. The van der Waals surface area contributed by atoms with E-state index in [4.69, 9.17) is 14.5 Å². The molecular weight excluding hydrogens is 416 g/mol. The molecule has 1 aromatic carbocycles. The Hall–Kier alpha value is -3.29. The molecule has 4 rings (SSSR count). The van der Waals surface area contributed by atoms with Gasteiger partial charge in [-0.2, -0.15) is 0 Å². The van der Waals surface area contributed by atoms with Crippen LogP contribution in [0.4, 0.5) is 11.5 Å². The van der Waals surface area contributed by atoms with Crippen LogP contribution < -0.4 is 5.32 Å². The summed E-state index contributed by atoms with van der Waals surface area (Å²) in [6.45, 7) is 8.64. The maximum atomic E-state index is 13.1. The minimum atomic E-state index is -0.287. The number of aromatic nitrogens is 2. The molecule has 0 unspecified atom stereocenters. The first-order valence-corrected chi connectivity index (χ1v) is 11.3. The van der Waals surface area contributed by atoms with Crippen LogP contribution in [0.1, 0.15) is 45.9 Å². The number of nitrogens with one attached hydrogen (secondary N) is 1. The third-order valence-electron chi connectivity index (χ3n) is 5.60. The molecule has 0 bridgehead atoms. The number of anilines is 2. The van der Waals surface area contributed by atoms with Gasteiger partial charge in [-0.05, 0) is 62.2 Å². The number of ether oxygens (including phenoxy) is 2. The van der Waals surface area contributed by atoms with Crippen molar-refractivity contribution in [1.82, 2.24) is 14.9 Å². The van der Waals surface area contributed by atoms with Gasteiger partial charge in [0.1, 0.15) is 11.9 Å². The Balaban J connectivity index is 1.47. The molecule has 7 heteroatoms. The van der Waals surface area contributed by atoms with Crippen LogP contribution in [0, 0.1) is 13.8 Å². The zero-order valence-electron chi connectivity index (χ0n) is 19.4. The average Bonchev–Trinajstić information content (AvgIpc) is 2.84. The highest BCUT2D eigenvalue weighted by Gasteiger charge is 2.27. The predicted octanol–water partition coefficient (Wildman–Crippen LogP) is 4.59. The lowest BCUT2D eigenvalue weighted by atomic mass is 10.1. The second kappa shape index (κ2) is 10.6. The number of hydrogen-bond donors (Lipinski definition) is 1. The topological polar surface area (TPSA) is 76.6 Å². The second-order valence-electron chi connectivity index (χ2n) is 8.16. The number of benzene rings is 1. The van der Waals surface area contributed by atoms with Gasteiger partial charge in [-0.25, -0.2) is 4.98 Å². The number of carbonyl (C=O) groups excluding carboxylic acids is 1. The summed E-state index contributed by atoms with van der Waals surface area (Å²) in [5.74, 6) is 0.810. The Bertz CT molecular complexity index is 1100. The van der Waals surface area contributed by atoms with E-state index >= 15 is 0 Å². The molecule has 1 N–H and O–H groups in total. The number of pyridine rings is 2. The van der Waals surface area contributed by atoms with Crippen molar-refractivity contribution in [3.8, 4) is 0 Å². The summed E-state index contributed by atoms with van der Waals surface area (Å²) in [5, 5.41) is 3.37. The van der Waals surface area contributed by atoms with Gasteiger partial charge in [0.05, 0.1) is 25.5 Å². The lowest BCUT2D eigenvalue weighted by Crippen LogP contribution is -2.42. The van der Waals surface area contributed by atoms with Crippen molar-refractivity contribution in [2.45, 2.75) is 33.5 Å². The molecule has 0 saturated carbocycles. The van der Waals surface area contributed by atoms with E-state index in [1.165, 1.54) is 0 Å². The smallest absolute Gasteiger partial charge is 0.254 e. The van der Waals surface area contributed by atoms with E-state index in [0.29, 0.717) is 38.5 Å². The van der Waals surface area contributed by atoms with E-state index in [1.807, 2.05) is 74.2 Å². The van der Waals surface area contributed by atoms with Gasteiger partial charge in [-0.3, -0.25) is 9.78 Å². The van der Waals surface area contributed by atoms with Gasteiger partial charge in [-0.1, -0.05) is 18.2 Å². The normalized spacial score (nSPS) is 16.0. The van der Waals surface area contributed by atoms with Crippen LogP contribution in [-0.2, 0) is 16.1 Å². The second-order valence-corrected chi connectivity index (χ2v) is 8.16. The highest BCUT2D eigenvalue weighted by molar-refractivity contribution is 5.94. The molecule has 0 radical (unpaired) electrons. The number of carbonyl (C=O) groups is 1. The highest BCUT2D eigenvalue weighted by Crippen LogP contribution is 2.26. The molecule has 1 fully saturated rings. The minimum absolute atomic E-state index is 0.00127. The summed E-state index contributed by atoms with van der Waals surface area (Å²) in [5.41, 5.74) is 5.36. The molecule has 3 aromatic rings.